The Morgan fingerprint density at radius 2 is 2.00 bits per heavy atom. The molecule has 4 heteroatoms. The van der Waals surface area contributed by atoms with Crippen molar-refractivity contribution in [3.8, 4) is 0 Å². The van der Waals surface area contributed by atoms with Gasteiger partial charge in [0, 0.05) is 12.1 Å². The lowest BCUT2D eigenvalue weighted by Gasteiger charge is -2.29. The van der Waals surface area contributed by atoms with Crippen LogP contribution in [0.25, 0.3) is 0 Å². The lowest BCUT2D eigenvalue weighted by Crippen LogP contribution is -2.51. The van der Waals surface area contributed by atoms with E-state index in [1.165, 1.54) is 5.54 Å². The topological polar surface area (TPSA) is 52.5 Å². The van der Waals surface area contributed by atoms with Crippen molar-refractivity contribution < 1.29 is 10.2 Å². The predicted molar refractivity (Wildman–Crippen MR) is 54.8 cm³/mol. The summed E-state index contributed by atoms with van der Waals surface area (Å²) in [5, 5.41) is 21.3. The van der Waals surface area contributed by atoms with E-state index < -0.39 is 5.54 Å². The van der Waals surface area contributed by atoms with Gasteiger partial charge in [-0.3, -0.25) is 0 Å². The zero-order valence-corrected chi connectivity index (χ0v) is 8.93. The van der Waals surface area contributed by atoms with E-state index in [1.54, 1.807) is 0 Å². The maximum atomic E-state index is 9.09. The molecule has 3 N–H and O–H groups in total. The number of rotatable bonds is 6. The highest BCUT2D eigenvalue weighted by atomic mass is 35.5. The van der Waals surface area contributed by atoms with Crippen LogP contribution in [0.4, 0.5) is 0 Å². The van der Waals surface area contributed by atoms with Crippen LogP contribution >= 0.6 is 11.6 Å². The molecule has 0 aromatic rings. The molecule has 0 aliphatic carbocycles. The van der Waals surface area contributed by atoms with Crippen LogP contribution in [0.2, 0.25) is 0 Å². The molecule has 0 aromatic carbocycles. The first-order valence-corrected chi connectivity index (χ1v) is 4.80. The first kappa shape index (κ1) is 12.9. The SMILES string of the molecule is CCC(CO)(CO)NCC(C)=CCl. The summed E-state index contributed by atoms with van der Waals surface area (Å²) in [5.74, 6) is 0. The second-order valence-corrected chi connectivity index (χ2v) is 3.48. The molecule has 0 aromatic heterocycles. The van der Waals surface area contributed by atoms with Gasteiger partial charge in [0.05, 0.1) is 18.8 Å². The molecular weight excluding hydrogens is 190 g/mol. The largest absolute Gasteiger partial charge is 0.394 e. The van der Waals surface area contributed by atoms with E-state index in [4.69, 9.17) is 21.8 Å². The highest BCUT2D eigenvalue weighted by Gasteiger charge is 2.25. The third-order valence-electron chi connectivity index (χ3n) is 2.21. The van der Waals surface area contributed by atoms with Gasteiger partial charge in [-0.15, -0.1) is 0 Å². The fraction of sp³-hybridized carbons (Fsp3) is 0.778. The van der Waals surface area contributed by atoms with Gasteiger partial charge in [0.2, 0.25) is 0 Å². The second kappa shape index (κ2) is 6.38. The summed E-state index contributed by atoms with van der Waals surface area (Å²) < 4.78 is 0. The lowest BCUT2D eigenvalue weighted by molar-refractivity contribution is 0.0903. The molecule has 0 unspecified atom stereocenters. The molecular formula is C9H18ClNO2. The number of aliphatic hydroxyl groups is 2. The Balaban J connectivity index is 4.10. The van der Waals surface area contributed by atoms with Crippen LogP contribution in [0.5, 0.6) is 0 Å². The van der Waals surface area contributed by atoms with Crippen molar-refractivity contribution in [1.29, 1.82) is 0 Å². The van der Waals surface area contributed by atoms with E-state index >= 15 is 0 Å². The summed E-state index contributed by atoms with van der Waals surface area (Å²) in [6.45, 7) is 4.23. The lowest BCUT2D eigenvalue weighted by atomic mass is 9.98. The third kappa shape index (κ3) is 4.09. The zero-order chi connectivity index (χ0) is 10.3. The van der Waals surface area contributed by atoms with Crippen molar-refractivity contribution in [1.82, 2.24) is 5.32 Å². The Morgan fingerprint density at radius 3 is 2.31 bits per heavy atom. The molecule has 0 radical (unpaired) electrons. The van der Waals surface area contributed by atoms with E-state index in [9.17, 15) is 0 Å². The minimum Gasteiger partial charge on any atom is -0.394 e. The standard InChI is InChI=1S/C9H18ClNO2/c1-3-9(6-12,7-13)11-5-8(2)4-10/h4,11-13H,3,5-7H2,1-2H3. The molecule has 0 amide bonds. The number of hydrogen-bond acceptors (Lipinski definition) is 3. The van der Waals surface area contributed by atoms with Crippen LogP contribution in [0.3, 0.4) is 0 Å². The molecule has 0 bridgehead atoms. The Labute approximate surface area is 84.4 Å². The molecule has 0 fully saturated rings. The summed E-state index contributed by atoms with van der Waals surface area (Å²) >= 11 is 5.48. The Kier molecular flexibility index (Phi) is 6.33. The number of aliphatic hydroxyl groups excluding tert-OH is 2. The predicted octanol–water partition coefficient (Wildman–Crippen LogP) is 0.852. The van der Waals surface area contributed by atoms with E-state index in [2.05, 4.69) is 5.32 Å². The summed E-state index contributed by atoms with van der Waals surface area (Å²) in [5.41, 5.74) is 1.88. The molecule has 0 spiro atoms. The van der Waals surface area contributed by atoms with Crippen molar-refractivity contribution in [2.75, 3.05) is 19.8 Å². The quantitative estimate of drug-likeness (QED) is 0.606. The molecule has 0 atom stereocenters. The van der Waals surface area contributed by atoms with E-state index in [0.29, 0.717) is 13.0 Å². The molecule has 0 rings (SSSR count). The number of nitrogens with one attached hydrogen (secondary N) is 1. The van der Waals surface area contributed by atoms with Gasteiger partial charge in [-0.1, -0.05) is 18.5 Å². The molecule has 0 saturated heterocycles. The normalized spacial score (nSPS) is 13.5. The van der Waals surface area contributed by atoms with Crippen molar-refractivity contribution in [3.63, 3.8) is 0 Å². The fourth-order valence-corrected chi connectivity index (χ4v) is 0.953. The van der Waals surface area contributed by atoms with Crippen LogP contribution in [0.1, 0.15) is 20.3 Å². The van der Waals surface area contributed by atoms with Gasteiger partial charge in [-0.25, -0.2) is 0 Å². The highest BCUT2D eigenvalue weighted by Crippen LogP contribution is 2.08. The van der Waals surface area contributed by atoms with Gasteiger partial charge in [-0.2, -0.15) is 0 Å². The highest BCUT2D eigenvalue weighted by molar-refractivity contribution is 6.25. The summed E-state index contributed by atoms with van der Waals surface area (Å²) in [7, 11) is 0. The van der Waals surface area contributed by atoms with E-state index in [1.807, 2.05) is 13.8 Å². The van der Waals surface area contributed by atoms with E-state index in [-0.39, 0.29) is 13.2 Å². The van der Waals surface area contributed by atoms with Crippen LogP contribution in [0, 0.1) is 0 Å². The average Bonchev–Trinajstić information content (AvgIpc) is 2.20. The van der Waals surface area contributed by atoms with Gasteiger partial charge in [0.1, 0.15) is 0 Å². The minimum atomic E-state index is -0.582. The van der Waals surface area contributed by atoms with Crippen LogP contribution < -0.4 is 5.32 Å². The van der Waals surface area contributed by atoms with Crippen LogP contribution in [-0.4, -0.2) is 35.5 Å². The molecule has 3 nitrogen and oxygen atoms in total. The maximum Gasteiger partial charge on any atom is 0.0648 e. The average molecular weight is 208 g/mol. The molecule has 78 valence electrons. The van der Waals surface area contributed by atoms with Gasteiger partial charge in [0.15, 0.2) is 0 Å². The summed E-state index contributed by atoms with van der Waals surface area (Å²) in [6.07, 6.45) is 0.676. The molecule has 0 aliphatic heterocycles. The van der Waals surface area contributed by atoms with Gasteiger partial charge in [0.25, 0.3) is 0 Å². The first-order chi connectivity index (χ1) is 6.14. The van der Waals surface area contributed by atoms with Crippen LogP contribution in [-0.2, 0) is 0 Å². The second-order valence-electron chi connectivity index (χ2n) is 3.26. The van der Waals surface area contributed by atoms with E-state index in [0.717, 1.165) is 5.57 Å². The van der Waals surface area contributed by atoms with Gasteiger partial charge >= 0.3 is 0 Å². The monoisotopic (exact) mass is 207 g/mol. The molecule has 0 aliphatic rings. The van der Waals surface area contributed by atoms with Crippen molar-refractivity contribution in [2.24, 2.45) is 0 Å². The van der Waals surface area contributed by atoms with Crippen LogP contribution in [0.15, 0.2) is 11.1 Å². The van der Waals surface area contributed by atoms with Gasteiger partial charge in [-0.05, 0) is 18.9 Å². The minimum absolute atomic E-state index is 0.0738. The number of halogens is 1. The Morgan fingerprint density at radius 1 is 1.46 bits per heavy atom. The summed E-state index contributed by atoms with van der Waals surface area (Å²) in [4.78, 5) is 0. The third-order valence-corrected chi connectivity index (χ3v) is 2.58. The maximum absolute atomic E-state index is 9.09. The zero-order valence-electron chi connectivity index (χ0n) is 8.18. The van der Waals surface area contributed by atoms with Crippen molar-refractivity contribution in [3.05, 3.63) is 11.1 Å². The molecule has 13 heavy (non-hydrogen) atoms. The Bertz CT molecular complexity index is 159. The molecule has 0 saturated carbocycles. The van der Waals surface area contributed by atoms with Crippen molar-refractivity contribution >= 4 is 11.6 Å². The first-order valence-electron chi connectivity index (χ1n) is 4.36. The Hall–Kier alpha value is -0.0900. The number of hydrogen-bond donors (Lipinski definition) is 3. The van der Waals surface area contributed by atoms with Crippen molar-refractivity contribution in [2.45, 2.75) is 25.8 Å². The smallest absolute Gasteiger partial charge is 0.0648 e. The fourth-order valence-electron chi connectivity index (χ4n) is 0.876. The summed E-state index contributed by atoms with van der Waals surface area (Å²) in [6, 6.07) is 0. The van der Waals surface area contributed by atoms with Gasteiger partial charge < -0.3 is 15.5 Å². The molecule has 0 heterocycles.